The Hall–Kier alpha value is -0.960. The third-order valence-electron chi connectivity index (χ3n) is 2.09. The first-order valence-electron chi connectivity index (χ1n) is 4.84. The molecule has 0 saturated heterocycles. The maximum Gasteiger partial charge on any atom is 0.263 e. The average Bonchev–Trinajstić information content (AvgIpc) is 2.81. The number of nitrogens with one attached hydrogen (secondary N) is 1. The fraction of sp³-hybridized carbons (Fsp3) is 0.100. The highest BCUT2D eigenvalue weighted by atomic mass is 79.9. The zero-order chi connectivity index (χ0) is 13.2. The first kappa shape index (κ1) is 13.5. The Morgan fingerprint density at radius 3 is 2.89 bits per heavy atom. The Morgan fingerprint density at radius 1 is 1.50 bits per heavy atom. The Morgan fingerprint density at radius 2 is 2.28 bits per heavy atom. The van der Waals surface area contributed by atoms with Crippen LogP contribution in [0.3, 0.4) is 0 Å². The smallest absolute Gasteiger partial charge is 0.263 e. The summed E-state index contributed by atoms with van der Waals surface area (Å²) in [6, 6.07) is 4.82. The van der Waals surface area contributed by atoms with E-state index in [1.165, 1.54) is 29.0 Å². The number of sulfonamides is 1. The fourth-order valence-corrected chi connectivity index (χ4v) is 3.88. The van der Waals surface area contributed by atoms with Crippen LogP contribution in [0.4, 0.5) is 5.82 Å². The summed E-state index contributed by atoms with van der Waals surface area (Å²) in [4.78, 5) is 4.65. The van der Waals surface area contributed by atoms with E-state index in [0.29, 0.717) is 9.35 Å². The number of rotatable bonds is 4. The van der Waals surface area contributed by atoms with Crippen LogP contribution in [0.5, 0.6) is 0 Å². The van der Waals surface area contributed by atoms with Gasteiger partial charge in [0.15, 0.2) is 5.82 Å². The molecule has 2 aromatic rings. The maximum absolute atomic E-state index is 12.0. The van der Waals surface area contributed by atoms with E-state index in [0.717, 1.165) is 0 Å². The molecule has 96 valence electrons. The van der Waals surface area contributed by atoms with Crippen LogP contribution in [0.1, 0.15) is 4.88 Å². The van der Waals surface area contributed by atoms with E-state index in [2.05, 4.69) is 25.6 Å². The number of aliphatic hydroxyl groups excluding tert-OH is 1. The van der Waals surface area contributed by atoms with Crippen LogP contribution in [0.15, 0.2) is 39.1 Å². The molecule has 2 rings (SSSR count). The molecule has 0 aliphatic carbocycles. The minimum Gasteiger partial charge on any atom is -0.391 e. The van der Waals surface area contributed by atoms with Gasteiger partial charge in [-0.1, -0.05) is 0 Å². The van der Waals surface area contributed by atoms with Gasteiger partial charge in [0.25, 0.3) is 10.0 Å². The summed E-state index contributed by atoms with van der Waals surface area (Å²) in [5.41, 5.74) is 0. The van der Waals surface area contributed by atoms with Crippen molar-refractivity contribution in [2.45, 2.75) is 11.5 Å². The van der Waals surface area contributed by atoms with Crippen LogP contribution in [0.2, 0.25) is 0 Å². The van der Waals surface area contributed by atoms with E-state index in [1.54, 1.807) is 12.1 Å². The molecule has 0 amide bonds. The summed E-state index contributed by atoms with van der Waals surface area (Å²) in [5, 5.41) is 10.4. The molecule has 5 nitrogen and oxygen atoms in total. The number of hydrogen-bond donors (Lipinski definition) is 2. The van der Waals surface area contributed by atoms with Crippen molar-refractivity contribution in [1.82, 2.24) is 4.98 Å². The van der Waals surface area contributed by atoms with E-state index in [4.69, 9.17) is 5.11 Å². The molecule has 2 N–H and O–H groups in total. The third kappa shape index (κ3) is 2.89. The topological polar surface area (TPSA) is 79.3 Å². The molecule has 2 aromatic heterocycles. The number of halogens is 1. The number of aromatic nitrogens is 1. The van der Waals surface area contributed by atoms with Crippen molar-refractivity contribution < 1.29 is 13.5 Å². The Kier molecular flexibility index (Phi) is 4.00. The van der Waals surface area contributed by atoms with Gasteiger partial charge in [0.05, 0.1) is 16.0 Å². The summed E-state index contributed by atoms with van der Waals surface area (Å²) in [7, 11) is -3.67. The highest BCUT2D eigenvalue weighted by Gasteiger charge is 2.17. The van der Waals surface area contributed by atoms with E-state index in [-0.39, 0.29) is 17.3 Å². The molecule has 0 saturated carbocycles. The van der Waals surface area contributed by atoms with Crippen LogP contribution in [-0.2, 0) is 16.6 Å². The number of anilines is 1. The lowest BCUT2D eigenvalue weighted by Crippen LogP contribution is -2.13. The van der Waals surface area contributed by atoms with Gasteiger partial charge in [0.1, 0.15) is 0 Å². The van der Waals surface area contributed by atoms with Crippen molar-refractivity contribution in [3.63, 3.8) is 0 Å². The lowest BCUT2D eigenvalue weighted by molar-refractivity contribution is 0.285. The molecule has 8 heteroatoms. The fourth-order valence-electron chi connectivity index (χ4n) is 1.23. The van der Waals surface area contributed by atoms with Crippen LogP contribution in [0.25, 0.3) is 0 Å². The molecule has 0 aliphatic rings. The number of hydrogen-bond acceptors (Lipinski definition) is 5. The number of thiophene rings is 1. The second-order valence-electron chi connectivity index (χ2n) is 3.35. The minimum absolute atomic E-state index is 0.120. The van der Waals surface area contributed by atoms with E-state index >= 15 is 0 Å². The van der Waals surface area contributed by atoms with Crippen molar-refractivity contribution in [2.24, 2.45) is 0 Å². The van der Waals surface area contributed by atoms with E-state index in [9.17, 15) is 8.42 Å². The second kappa shape index (κ2) is 5.35. The van der Waals surface area contributed by atoms with Gasteiger partial charge in [0.2, 0.25) is 0 Å². The summed E-state index contributed by atoms with van der Waals surface area (Å²) in [5.74, 6) is 0.231. The largest absolute Gasteiger partial charge is 0.391 e. The van der Waals surface area contributed by atoms with Crippen molar-refractivity contribution in [3.8, 4) is 0 Å². The second-order valence-corrected chi connectivity index (χ2v) is 6.88. The summed E-state index contributed by atoms with van der Waals surface area (Å²) < 4.78 is 27.0. The van der Waals surface area contributed by atoms with Gasteiger partial charge in [-0.25, -0.2) is 13.4 Å². The predicted molar refractivity (Wildman–Crippen MR) is 73.0 cm³/mol. The number of aliphatic hydroxyl groups is 1. The molecule has 18 heavy (non-hydrogen) atoms. The van der Waals surface area contributed by atoms with Gasteiger partial charge in [0, 0.05) is 16.5 Å². The van der Waals surface area contributed by atoms with Crippen molar-refractivity contribution in [3.05, 3.63) is 39.1 Å². The van der Waals surface area contributed by atoms with Crippen LogP contribution in [0, 0.1) is 0 Å². The Balaban J connectivity index is 2.30. The summed E-state index contributed by atoms with van der Waals surface area (Å²) >= 11 is 4.40. The molecule has 0 aliphatic heterocycles. The zero-order valence-electron chi connectivity index (χ0n) is 9.00. The van der Waals surface area contributed by atoms with Gasteiger partial charge in [-0.2, -0.15) is 0 Å². The highest BCUT2D eigenvalue weighted by Crippen LogP contribution is 2.24. The van der Waals surface area contributed by atoms with E-state index in [1.807, 2.05) is 0 Å². The van der Waals surface area contributed by atoms with Crippen molar-refractivity contribution >= 4 is 43.1 Å². The third-order valence-corrected chi connectivity index (χ3v) is 5.11. The van der Waals surface area contributed by atoms with Crippen molar-refractivity contribution in [1.29, 1.82) is 0 Å². The summed E-state index contributed by atoms with van der Waals surface area (Å²) in [6.45, 7) is -0.173. The Bertz CT molecular complexity index is 655. The van der Waals surface area contributed by atoms with Crippen LogP contribution < -0.4 is 4.72 Å². The molecule has 0 fully saturated rings. The average molecular weight is 349 g/mol. The van der Waals surface area contributed by atoms with Crippen LogP contribution in [-0.4, -0.2) is 18.5 Å². The standard InChI is InChI=1S/C10H9BrN2O3S2/c11-9-2-1-3-12-10(9)13-18(15,16)8-4-7(5-14)17-6-8/h1-4,6,14H,5H2,(H,12,13). The van der Waals surface area contributed by atoms with Crippen molar-refractivity contribution in [2.75, 3.05) is 4.72 Å². The summed E-state index contributed by atoms with van der Waals surface area (Å²) in [6.07, 6.45) is 1.50. The van der Waals surface area contributed by atoms with Gasteiger partial charge in [-0.05, 0) is 34.1 Å². The van der Waals surface area contributed by atoms with Gasteiger partial charge in [-0.3, -0.25) is 4.72 Å². The van der Waals surface area contributed by atoms with Gasteiger partial charge >= 0.3 is 0 Å². The minimum atomic E-state index is -3.67. The monoisotopic (exact) mass is 348 g/mol. The van der Waals surface area contributed by atoms with E-state index < -0.39 is 10.0 Å². The molecule has 0 bridgehead atoms. The molecular formula is C10H9BrN2O3S2. The molecule has 0 radical (unpaired) electrons. The zero-order valence-corrected chi connectivity index (χ0v) is 12.2. The molecule has 0 aromatic carbocycles. The predicted octanol–water partition coefficient (Wildman–Crippen LogP) is 2.20. The van der Waals surface area contributed by atoms with Gasteiger partial charge in [-0.15, -0.1) is 11.3 Å². The van der Waals surface area contributed by atoms with Crippen LogP contribution >= 0.6 is 27.3 Å². The molecule has 0 unspecified atom stereocenters. The molecular weight excluding hydrogens is 340 g/mol. The lowest BCUT2D eigenvalue weighted by Gasteiger charge is -2.06. The SMILES string of the molecule is O=S(=O)(Nc1ncccc1Br)c1csc(CO)c1. The lowest BCUT2D eigenvalue weighted by atomic mass is 10.5. The maximum atomic E-state index is 12.0. The number of pyridine rings is 1. The Labute approximate surface area is 117 Å². The molecule has 2 heterocycles. The normalized spacial score (nSPS) is 11.4. The highest BCUT2D eigenvalue weighted by molar-refractivity contribution is 9.10. The molecule has 0 spiro atoms. The molecule has 0 atom stereocenters. The first-order valence-corrected chi connectivity index (χ1v) is 8.00. The quantitative estimate of drug-likeness (QED) is 0.887. The number of nitrogens with zero attached hydrogens (tertiary/aromatic N) is 1. The first-order chi connectivity index (χ1) is 8.53. The van der Waals surface area contributed by atoms with Gasteiger partial charge < -0.3 is 5.11 Å².